The van der Waals surface area contributed by atoms with Crippen molar-refractivity contribution in [3.8, 4) is 0 Å². The number of urea groups is 1. The number of piperidine rings is 1. The molecule has 3 amide bonds. The average Bonchev–Trinajstić information content (AvgIpc) is 2.75. The molecule has 6 nitrogen and oxygen atoms in total. The van der Waals surface area contributed by atoms with Crippen molar-refractivity contribution in [3.63, 3.8) is 0 Å². The van der Waals surface area contributed by atoms with Crippen LogP contribution in [0.1, 0.15) is 24.0 Å². The molecule has 3 rings (SSSR count). The first-order valence-electron chi connectivity index (χ1n) is 10.2. The van der Waals surface area contributed by atoms with Crippen LogP contribution >= 0.6 is 0 Å². The summed E-state index contributed by atoms with van der Waals surface area (Å²) in [4.78, 5) is 28.7. The third kappa shape index (κ3) is 5.98. The van der Waals surface area contributed by atoms with Gasteiger partial charge in [-0.3, -0.25) is 4.79 Å². The van der Waals surface area contributed by atoms with Crippen LogP contribution in [-0.4, -0.2) is 48.4 Å². The van der Waals surface area contributed by atoms with Crippen LogP contribution in [-0.2, 0) is 17.8 Å². The van der Waals surface area contributed by atoms with Crippen LogP contribution in [0.15, 0.2) is 54.6 Å². The van der Waals surface area contributed by atoms with Gasteiger partial charge in [-0.05, 0) is 42.5 Å². The first kappa shape index (κ1) is 20.7. The summed E-state index contributed by atoms with van der Waals surface area (Å²) in [7, 11) is 1.82. The van der Waals surface area contributed by atoms with E-state index in [0.717, 1.165) is 23.2 Å². The van der Waals surface area contributed by atoms with E-state index in [1.165, 1.54) is 0 Å². The molecule has 2 aromatic carbocycles. The number of carbonyl (C=O) groups excluding carboxylic acids is 2. The second-order valence-electron chi connectivity index (χ2n) is 7.67. The summed E-state index contributed by atoms with van der Waals surface area (Å²) in [5.41, 5.74) is 8.70. The van der Waals surface area contributed by atoms with Gasteiger partial charge in [0.1, 0.15) is 0 Å². The zero-order valence-corrected chi connectivity index (χ0v) is 17.0. The van der Waals surface area contributed by atoms with Crippen LogP contribution in [0, 0.1) is 5.92 Å². The van der Waals surface area contributed by atoms with Crippen LogP contribution in [0.3, 0.4) is 0 Å². The lowest BCUT2D eigenvalue weighted by molar-refractivity contribution is -0.126. The fourth-order valence-electron chi connectivity index (χ4n) is 3.66. The van der Waals surface area contributed by atoms with Gasteiger partial charge < -0.3 is 20.9 Å². The Labute approximate surface area is 172 Å². The zero-order valence-electron chi connectivity index (χ0n) is 17.0. The van der Waals surface area contributed by atoms with Crippen molar-refractivity contribution >= 4 is 17.6 Å². The minimum absolute atomic E-state index is 0.0232. The Morgan fingerprint density at radius 3 is 2.34 bits per heavy atom. The van der Waals surface area contributed by atoms with Gasteiger partial charge in [-0.2, -0.15) is 0 Å². The zero-order chi connectivity index (χ0) is 20.6. The quantitative estimate of drug-likeness (QED) is 0.740. The fourth-order valence-corrected chi connectivity index (χ4v) is 3.66. The van der Waals surface area contributed by atoms with Gasteiger partial charge in [0.25, 0.3) is 0 Å². The van der Waals surface area contributed by atoms with Gasteiger partial charge in [0.15, 0.2) is 0 Å². The Bertz CT molecular complexity index is 799. The maximum atomic E-state index is 12.7. The Hall–Kier alpha value is -3.02. The largest absolute Gasteiger partial charge is 0.399 e. The second-order valence-corrected chi connectivity index (χ2v) is 7.67. The van der Waals surface area contributed by atoms with Crippen molar-refractivity contribution in [2.75, 3.05) is 32.4 Å². The molecule has 0 bridgehead atoms. The molecule has 29 heavy (non-hydrogen) atoms. The molecule has 154 valence electrons. The first-order valence-corrected chi connectivity index (χ1v) is 10.2. The topological polar surface area (TPSA) is 78.7 Å². The highest BCUT2D eigenvalue weighted by Gasteiger charge is 2.28. The summed E-state index contributed by atoms with van der Waals surface area (Å²) in [6, 6.07) is 17.7. The van der Waals surface area contributed by atoms with Gasteiger partial charge in [0, 0.05) is 44.8 Å². The number of amides is 3. The summed E-state index contributed by atoms with van der Waals surface area (Å²) in [6.45, 7) is 2.44. The predicted octanol–water partition coefficient (Wildman–Crippen LogP) is 2.89. The second kappa shape index (κ2) is 9.96. The number of nitrogens with zero attached hydrogens (tertiary/aromatic N) is 2. The van der Waals surface area contributed by atoms with Crippen molar-refractivity contribution in [3.05, 3.63) is 65.7 Å². The van der Waals surface area contributed by atoms with E-state index >= 15 is 0 Å². The van der Waals surface area contributed by atoms with E-state index in [9.17, 15) is 9.59 Å². The van der Waals surface area contributed by atoms with Crippen molar-refractivity contribution in [2.45, 2.75) is 25.8 Å². The molecule has 0 spiro atoms. The number of rotatable bonds is 6. The van der Waals surface area contributed by atoms with Crippen molar-refractivity contribution in [2.24, 2.45) is 5.92 Å². The number of nitrogens with two attached hydrogens (primary N) is 1. The lowest BCUT2D eigenvalue weighted by atomic mass is 9.96. The number of hydrogen-bond donors (Lipinski definition) is 2. The molecule has 0 aliphatic carbocycles. The molecule has 1 aliphatic heterocycles. The highest BCUT2D eigenvalue weighted by Crippen LogP contribution is 2.19. The molecule has 3 N–H and O–H groups in total. The molecule has 0 radical (unpaired) electrons. The maximum Gasteiger partial charge on any atom is 0.320 e. The Morgan fingerprint density at radius 1 is 1.03 bits per heavy atom. The van der Waals surface area contributed by atoms with Gasteiger partial charge >= 0.3 is 6.03 Å². The molecule has 0 saturated carbocycles. The summed E-state index contributed by atoms with van der Waals surface area (Å²) in [6.07, 6.45) is 2.20. The number of anilines is 1. The van der Waals surface area contributed by atoms with E-state index < -0.39 is 0 Å². The molecular formula is C23H30N4O2. The molecule has 1 aliphatic rings. The van der Waals surface area contributed by atoms with Gasteiger partial charge in [-0.15, -0.1) is 0 Å². The molecular weight excluding hydrogens is 364 g/mol. The Kier molecular flexibility index (Phi) is 7.11. The van der Waals surface area contributed by atoms with Crippen LogP contribution in [0.25, 0.3) is 0 Å². The van der Waals surface area contributed by atoms with Crippen molar-refractivity contribution in [1.82, 2.24) is 15.1 Å². The van der Waals surface area contributed by atoms with E-state index in [2.05, 4.69) is 5.32 Å². The lowest BCUT2D eigenvalue weighted by Gasteiger charge is -2.34. The standard InChI is InChI=1S/C23H30N4O2/c1-26(17-19-5-3-2-4-6-19)23(29)27-15-12-20(13-16-27)22(28)25-14-11-18-7-9-21(24)10-8-18/h2-10,20H,11-17,24H2,1H3,(H,25,28). The molecule has 2 aromatic rings. The summed E-state index contributed by atoms with van der Waals surface area (Å²) in [5, 5.41) is 3.03. The third-order valence-corrected chi connectivity index (χ3v) is 5.42. The summed E-state index contributed by atoms with van der Waals surface area (Å²) < 4.78 is 0. The molecule has 6 heteroatoms. The van der Waals surface area contributed by atoms with Gasteiger partial charge in [0.2, 0.25) is 5.91 Å². The van der Waals surface area contributed by atoms with Crippen LogP contribution in [0.2, 0.25) is 0 Å². The first-order chi connectivity index (χ1) is 14.0. The number of nitrogen functional groups attached to an aromatic ring is 1. The van der Waals surface area contributed by atoms with Gasteiger partial charge in [-0.1, -0.05) is 42.5 Å². The van der Waals surface area contributed by atoms with E-state index in [-0.39, 0.29) is 17.9 Å². The van der Waals surface area contributed by atoms with E-state index in [4.69, 9.17) is 5.73 Å². The molecule has 1 heterocycles. The van der Waals surface area contributed by atoms with Crippen LogP contribution < -0.4 is 11.1 Å². The number of carbonyl (C=O) groups is 2. The average molecular weight is 395 g/mol. The Balaban J connectivity index is 1.39. The van der Waals surface area contributed by atoms with Crippen LogP contribution in [0.4, 0.5) is 10.5 Å². The highest BCUT2D eigenvalue weighted by atomic mass is 16.2. The normalized spacial score (nSPS) is 14.4. The molecule has 0 unspecified atom stereocenters. The minimum Gasteiger partial charge on any atom is -0.399 e. The predicted molar refractivity (Wildman–Crippen MR) is 115 cm³/mol. The smallest absolute Gasteiger partial charge is 0.320 e. The van der Waals surface area contributed by atoms with Gasteiger partial charge in [0.05, 0.1) is 0 Å². The number of benzene rings is 2. The summed E-state index contributed by atoms with van der Waals surface area (Å²) >= 11 is 0. The maximum absolute atomic E-state index is 12.7. The van der Waals surface area contributed by atoms with Gasteiger partial charge in [-0.25, -0.2) is 4.79 Å². The van der Waals surface area contributed by atoms with Crippen molar-refractivity contribution < 1.29 is 9.59 Å². The van der Waals surface area contributed by atoms with E-state index in [0.29, 0.717) is 39.0 Å². The molecule has 0 aromatic heterocycles. The monoisotopic (exact) mass is 394 g/mol. The lowest BCUT2D eigenvalue weighted by Crippen LogP contribution is -2.47. The Morgan fingerprint density at radius 2 is 1.69 bits per heavy atom. The van der Waals surface area contributed by atoms with E-state index in [1.807, 2.05) is 66.5 Å². The number of likely N-dealkylation sites (tertiary alicyclic amines) is 1. The molecule has 0 atom stereocenters. The number of nitrogens with one attached hydrogen (secondary N) is 1. The van der Waals surface area contributed by atoms with E-state index in [1.54, 1.807) is 4.90 Å². The SMILES string of the molecule is CN(Cc1ccccc1)C(=O)N1CCC(C(=O)NCCc2ccc(N)cc2)CC1. The number of hydrogen-bond acceptors (Lipinski definition) is 3. The van der Waals surface area contributed by atoms with Crippen LogP contribution in [0.5, 0.6) is 0 Å². The third-order valence-electron chi connectivity index (χ3n) is 5.42. The minimum atomic E-state index is -0.0232. The summed E-state index contributed by atoms with van der Waals surface area (Å²) in [5.74, 6) is 0.0649. The molecule has 1 fully saturated rings. The highest BCUT2D eigenvalue weighted by molar-refractivity contribution is 5.79. The van der Waals surface area contributed by atoms with Crippen molar-refractivity contribution in [1.29, 1.82) is 0 Å². The fraction of sp³-hybridized carbons (Fsp3) is 0.391. The molecule has 1 saturated heterocycles.